The number of para-hydroxylation sites is 1. The molecule has 0 aliphatic carbocycles. The summed E-state index contributed by atoms with van der Waals surface area (Å²) in [5.74, 6) is 0.295. The highest BCUT2D eigenvalue weighted by Crippen LogP contribution is 2.31. The van der Waals surface area contributed by atoms with Crippen LogP contribution < -0.4 is 5.32 Å². The second-order valence-corrected chi connectivity index (χ2v) is 9.90. The molecule has 1 unspecified atom stereocenters. The second kappa shape index (κ2) is 14.4. The van der Waals surface area contributed by atoms with Crippen molar-refractivity contribution in [1.29, 1.82) is 5.41 Å². The van der Waals surface area contributed by atoms with Crippen molar-refractivity contribution >= 4 is 40.0 Å². The lowest BCUT2D eigenvalue weighted by molar-refractivity contribution is 0.807. The molecule has 204 valence electrons. The number of hydrogen-bond donors (Lipinski definition) is 2. The van der Waals surface area contributed by atoms with Crippen LogP contribution in [0.25, 0.3) is 22.4 Å². The summed E-state index contributed by atoms with van der Waals surface area (Å²) in [7, 11) is 0. The molecule has 0 amide bonds. The molecule has 0 fully saturated rings. The summed E-state index contributed by atoms with van der Waals surface area (Å²) >= 11 is 0. The van der Waals surface area contributed by atoms with Gasteiger partial charge in [0.1, 0.15) is 0 Å². The van der Waals surface area contributed by atoms with Crippen LogP contribution in [0.2, 0.25) is 0 Å². The molecule has 2 heteroatoms. The van der Waals surface area contributed by atoms with E-state index in [4.69, 9.17) is 5.41 Å². The molecule has 4 aromatic rings. The first kappa shape index (κ1) is 29.0. The van der Waals surface area contributed by atoms with Gasteiger partial charge in [0.2, 0.25) is 0 Å². The number of benzene rings is 4. The first-order valence-corrected chi connectivity index (χ1v) is 14.1. The summed E-state index contributed by atoms with van der Waals surface area (Å²) < 4.78 is 0. The van der Waals surface area contributed by atoms with Crippen LogP contribution >= 0.6 is 0 Å². The van der Waals surface area contributed by atoms with E-state index in [1.54, 1.807) is 6.08 Å². The van der Waals surface area contributed by atoms with E-state index in [9.17, 15) is 0 Å². The molecule has 0 aliphatic heterocycles. The lowest BCUT2D eigenvalue weighted by atomic mass is 9.92. The lowest BCUT2D eigenvalue weighted by Crippen LogP contribution is -1.97. The molecule has 0 bridgehead atoms. The molecule has 0 saturated carbocycles. The number of hydrogen-bond acceptors (Lipinski definition) is 2. The highest BCUT2D eigenvalue weighted by atomic mass is 14.9. The minimum absolute atomic E-state index is 0.295. The van der Waals surface area contributed by atoms with Crippen LogP contribution in [-0.2, 0) is 0 Å². The summed E-state index contributed by atoms with van der Waals surface area (Å²) in [6.45, 7) is 12.5. The van der Waals surface area contributed by atoms with Gasteiger partial charge in [-0.3, -0.25) is 0 Å². The minimum atomic E-state index is 0.295. The second-order valence-electron chi connectivity index (χ2n) is 9.90. The standard InChI is InChI=1S/C39H38N2/c1-5-13-33(36(28-40)14-6-2)25-30-20-24-38(39(26-30)41-37-17-9-8-10-18-37)29(4)19-21-31(7-3)35-23-22-32-15-11-12-16-34(32)27-35/h5-6,8-28,31,40-41H,2,4,7H2,1,3H3/b13-5-,21-19-,33-25+,36-14+,40-28?. The van der Waals surface area contributed by atoms with E-state index in [2.05, 4.69) is 116 Å². The van der Waals surface area contributed by atoms with Gasteiger partial charge < -0.3 is 10.7 Å². The van der Waals surface area contributed by atoms with Crippen LogP contribution in [0, 0.1) is 5.41 Å². The zero-order valence-electron chi connectivity index (χ0n) is 24.0. The number of allylic oxidation sites excluding steroid dienone is 9. The van der Waals surface area contributed by atoms with Gasteiger partial charge in [0, 0.05) is 29.1 Å². The molecule has 0 saturated heterocycles. The first-order valence-electron chi connectivity index (χ1n) is 14.1. The third-order valence-corrected chi connectivity index (χ3v) is 7.07. The Bertz CT molecular complexity index is 1650. The van der Waals surface area contributed by atoms with E-state index in [0.29, 0.717) is 5.92 Å². The van der Waals surface area contributed by atoms with E-state index in [1.165, 1.54) is 22.6 Å². The lowest BCUT2D eigenvalue weighted by Gasteiger charge is -2.16. The van der Waals surface area contributed by atoms with E-state index < -0.39 is 0 Å². The summed E-state index contributed by atoms with van der Waals surface area (Å²) in [6, 6.07) is 31.8. The zero-order chi connectivity index (χ0) is 29.0. The van der Waals surface area contributed by atoms with Gasteiger partial charge in [-0.15, -0.1) is 0 Å². The van der Waals surface area contributed by atoms with E-state index in [1.807, 2.05) is 43.4 Å². The Labute approximate surface area is 245 Å². The molecule has 4 rings (SSSR count). The van der Waals surface area contributed by atoms with Crippen molar-refractivity contribution in [3.63, 3.8) is 0 Å². The summed E-state index contributed by atoms with van der Waals surface area (Å²) in [6.07, 6.45) is 16.4. The van der Waals surface area contributed by atoms with Gasteiger partial charge in [-0.1, -0.05) is 129 Å². The number of fused-ring (bicyclic) bond motifs is 1. The van der Waals surface area contributed by atoms with Crippen molar-refractivity contribution in [2.75, 3.05) is 5.32 Å². The van der Waals surface area contributed by atoms with Crippen molar-refractivity contribution in [2.24, 2.45) is 0 Å². The van der Waals surface area contributed by atoms with Crippen LogP contribution in [0.5, 0.6) is 0 Å². The normalized spacial score (nSPS) is 13.0. The third kappa shape index (κ3) is 7.58. The Balaban J connectivity index is 1.69. The Hall–Kier alpha value is -4.95. The maximum Gasteiger partial charge on any atom is 0.0469 e. The van der Waals surface area contributed by atoms with Crippen LogP contribution in [0.15, 0.2) is 152 Å². The van der Waals surface area contributed by atoms with E-state index >= 15 is 0 Å². The van der Waals surface area contributed by atoms with Crippen LogP contribution in [0.3, 0.4) is 0 Å². The van der Waals surface area contributed by atoms with Gasteiger partial charge >= 0.3 is 0 Å². The van der Waals surface area contributed by atoms with Crippen LogP contribution in [0.4, 0.5) is 11.4 Å². The highest BCUT2D eigenvalue weighted by Gasteiger charge is 2.10. The molecule has 0 radical (unpaired) electrons. The topological polar surface area (TPSA) is 35.9 Å². The maximum absolute atomic E-state index is 7.87. The maximum atomic E-state index is 7.87. The smallest absolute Gasteiger partial charge is 0.0469 e. The molecule has 2 N–H and O–H groups in total. The van der Waals surface area contributed by atoms with Crippen molar-refractivity contribution < 1.29 is 0 Å². The van der Waals surface area contributed by atoms with Gasteiger partial charge in [0.25, 0.3) is 0 Å². The molecule has 41 heavy (non-hydrogen) atoms. The molecule has 0 heterocycles. The molecule has 4 aromatic carbocycles. The van der Waals surface area contributed by atoms with Gasteiger partial charge in [0.15, 0.2) is 0 Å². The highest BCUT2D eigenvalue weighted by molar-refractivity contribution is 5.89. The Morgan fingerprint density at radius 2 is 1.63 bits per heavy atom. The van der Waals surface area contributed by atoms with Gasteiger partial charge in [-0.05, 0) is 76.2 Å². The minimum Gasteiger partial charge on any atom is -0.355 e. The fourth-order valence-electron chi connectivity index (χ4n) is 4.90. The van der Waals surface area contributed by atoms with Crippen molar-refractivity contribution in [2.45, 2.75) is 26.2 Å². The molecule has 0 aliphatic rings. The Morgan fingerprint density at radius 3 is 2.34 bits per heavy atom. The molecule has 0 spiro atoms. The van der Waals surface area contributed by atoms with E-state index in [0.717, 1.165) is 45.6 Å². The average Bonchev–Trinajstić information content (AvgIpc) is 3.00. The molecule has 2 nitrogen and oxygen atoms in total. The molecular weight excluding hydrogens is 496 g/mol. The SMILES string of the molecule is C=C/C=C(C=N)/C(/C=C\C)=C/c1ccc(C(=C)/C=C\C(CC)c2ccc3ccccc3c2)c(Nc2ccccc2)c1. The van der Waals surface area contributed by atoms with Crippen molar-refractivity contribution in [3.8, 4) is 0 Å². The zero-order valence-corrected chi connectivity index (χ0v) is 24.0. The fourth-order valence-corrected chi connectivity index (χ4v) is 4.90. The summed E-state index contributed by atoms with van der Waals surface area (Å²) in [4.78, 5) is 0. The quantitative estimate of drug-likeness (QED) is 0.138. The fraction of sp³-hybridized carbons (Fsp3) is 0.103. The van der Waals surface area contributed by atoms with Crippen LogP contribution in [-0.4, -0.2) is 6.21 Å². The predicted molar refractivity (Wildman–Crippen MR) is 181 cm³/mol. The summed E-state index contributed by atoms with van der Waals surface area (Å²) in [5.41, 5.74) is 8.04. The monoisotopic (exact) mass is 534 g/mol. The van der Waals surface area contributed by atoms with E-state index in [-0.39, 0.29) is 0 Å². The predicted octanol–water partition coefficient (Wildman–Crippen LogP) is 11.1. The molecule has 1 atom stereocenters. The van der Waals surface area contributed by atoms with Crippen molar-refractivity contribution in [1.82, 2.24) is 0 Å². The first-order chi connectivity index (χ1) is 20.1. The van der Waals surface area contributed by atoms with Gasteiger partial charge in [0.05, 0.1) is 0 Å². The van der Waals surface area contributed by atoms with Crippen LogP contribution in [0.1, 0.15) is 42.9 Å². The Morgan fingerprint density at radius 1 is 0.878 bits per heavy atom. The summed E-state index contributed by atoms with van der Waals surface area (Å²) in [5, 5.41) is 14.0. The largest absolute Gasteiger partial charge is 0.355 e. The molecule has 0 aromatic heterocycles. The Kier molecular flexibility index (Phi) is 10.2. The number of nitrogens with one attached hydrogen (secondary N) is 2. The third-order valence-electron chi connectivity index (χ3n) is 7.07. The molecular formula is C39H38N2. The number of anilines is 2. The van der Waals surface area contributed by atoms with Gasteiger partial charge in [-0.2, -0.15) is 0 Å². The van der Waals surface area contributed by atoms with Crippen molar-refractivity contribution in [3.05, 3.63) is 168 Å². The van der Waals surface area contributed by atoms with Gasteiger partial charge in [-0.25, -0.2) is 0 Å². The number of rotatable bonds is 12. The average molecular weight is 535 g/mol.